The lowest BCUT2D eigenvalue weighted by molar-refractivity contribution is 0.0991. The standard InChI is InChI=1S/C18H10BrClN2O4S2/c19-10-1-4-12(5-2-10)28(24,25)16-8-7-14(26-16)17(23)22-18-21-13-6-3-11(20)9-15(13)27-18/h1-9H,(H,21,22,23). The monoisotopic (exact) mass is 496 g/mol. The van der Waals surface area contributed by atoms with Crippen LogP contribution in [-0.2, 0) is 9.84 Å². The van der Waals surface area contributed by atoms with Gasteiger partial charge in [0, 0.05) is 9.50 Å². The fourth-order valence-corrected chi connectivity index (χ4v) is 5.00. The predicted molar refractivity (Wildman–Crippen MR) is 111 cm³/mol. The Balaban J connectivity index is 1.57. The molecule has 0 bridgehead atoms. The molecule has 0 saturated carbocycles. The summed E-state index contributed by atoms with van der Waals surface area (Å²) in [5.41, 5.74) is 0.697. The van der Waals surface area contributed by atoms with Crippen LogP contribution in [0.5, 0.6) is 0 Å². The molecule has 142 valence electrons. The molecule has 0 aliphatic carbocycles. The minimum absolute atomic E-state index is 0.0695. The maximum atomic E-state index is 12.6. The van der Waals surface area contributed by atoms with E-state index in [2.05, 4.69) is 26.2 Å². The van der Waals surface area contributed by atoms with Gasteiger partial charge in [0.2, 0.25) is 14.9 Å². The van der Waals surface area contributed by atoms with Crippen molar-refractivity contribution in [1.29, 1.82) is 0 Å². The number of carbonyl (C=O) groups excluding carboxylic acids is 1. The quantitative estimate of drug-likeness (QED) is 0.408. The van der Waals surface area contributed by atoms with Crippen LogP contribution < -0.4 is 5.32 Å². The van der Waals surface area contributed by atoms with E-state index in [1.165, 1.54) is 35.6 Å². The van der Waals surface area contributed by atoms with E-state index in [1.54, 1.807) is 30.3 Å². The van der Waals surface area contributed by atoms with Crippen molar-refractivity contribution in [2.24, 2.45) is 0 Å². The molecule has 1 N–H and O–H groups in total. The van der Waals surface area contributed by atoms with Crippen molar-refractivity contribution >= 4 is 70.0 Å². The van der Waals surface area contributed by atoms with Crippen molar-refractivity contribution in [1.82, 2.24) is 4.98 Å². The van der Waals surface area contributed by atoms with Gasteiger partial charge in [0.05, 0.1) is 15.1 Å². The van der Waals surface area contributed by atoms with Crippen molar-refractivity contribution in [3.8, 4) is 0 Å². The normalized spacial score (nSPS) is 11.6. The Bertz CT molecular complexity index is 1300. The molecule has 28 heavy (non-hydrogen) atoms. The number of furan rings is 1. The summed E-state index contributed by atoms with van der Waals surface area (Å²) in [6, 6.07) is 13.9. The summed E-state index contributed by atoms with van der Waals surface area (Å²) in [6.45, 7) is 0. The number of benzene rings is 2. The number of amides is 1. The zero-order valence-electron chi connectivity index (χ0n) is 13.8. The van der Waals surface area contributed by atoms with Gasteiger partial charge >= 0.3 is 0 Å². The number of thiazole rings is 1. The largest absolute Gasteiger partial charge is 0.439 e. The Morgan fingerprint density at radius 3 is 2.61 bits per heavy atom. The molecule has 0 aliphatic heterocycles. The minimum atomic E-state index is -3.86. The summed E-state index contributed by atoms with van der Waals surface area (Å²) < 4.78 is 32.1. The average Bonchev–Trinajstić information content (AvgIpc) is 3.28. The molecule has 6 nitrogen and oxygen atoms in total. The molecule has 0 radical (unpaired) electrons. The van der Waals surface area contributed by atoms with Crippen molar-refractivity contribution in [3.63, 3.8) is 0 Å². The van der Waals surface area contributed by atoms with Crippen molar-refractivity contribution in [2.75, 3.05) is 5.32 Å². The zero-order valence-corrected chi connectivity index (χ0v) is 17.8. The SMILES string of the molecule is O=C(Nc1nc2ccc(Cl)cc2s1)c1ccc(S(=O)(=O)c2ccc(Br)cc2)o1. The second-order valence-electron chi connectivity index (χ2n) is 5.66. The number of sulfone groups is 1. The summed E-state index contributed by atoms with van der Waals surface area (Å²) in [6.07, 6.45) is 0. The molecule has 1 amide bonds. The van der Waals surface area contributed by atoms with Gasteiger partial charge in [0.15, 0.2) is 10.9 Å². The Morgan fingerprint density at radius 1 is 1.11 bits per heavy atom. The van der Waals surface area contributed by atoms with Gasteiger partial charge < -0.3 is 4.42 Å². The third-order valence-corrected chi connectivity index (χ3v) is 7.10. The summed E-state index contributed by atoms with van der Waals surface area (Å²) in [7, 11) is -3.86. The van der Waals surface area contributed by atoms with E-state index < -0.39 is 15.7 Å². The number of carbonyl (C=O) groups is 1. The van der Waals surface area contributed by atoms with Crippen LogP contribution in [0.1, 0.15) is 10.6 Å². The predicted octanol–water partition coefficient (Wildman–Crippen LogP) is 5.39. The molecular weight excluding hydrogens is 488 g/mol. The highest BCUT2D eigenvalue weighted by Gasteiger charge is 2.24. The molecule has 0 unspecified atom stereocenters. The minimum Gasteiger partial charge on any atom is -0.439 e. The van der Waals surface area contributed by atoms with Gasteiger partial charge in [0.25, 0.3) is 5.91 Å². The molecule has 2 aromatic carbocycles. The van der Waals surface area contributed by atoms with Gasteiger partial charge in [-0.05, 0) is 54.6 Å². The van der Waals surface area contributed by atoms with Gasteiger partial charge in [-0.25, -0.2) is 13.4 Å². The van der Waals surface area contributed by atoms with E-state index in [0.717, 1.165) is 9.17 Å². The summed E-state index contributed by atoms with van der Waals surface area (Å²) in [5.74, 6) is -0.726. The van der Waals surface area contributed by atoms with E-state index in [4.69, 9.17) is 16.0 Å². The molecule has 4 rings (SSSR count). The van der Waals surface area contributed by atoms with Gasteiger partial charge in [-0.2, -0.15) is 0 Å². The molecular formula is C18H10BrClN2O4S2. The Hall–Kier alpha value is -2.20. The van der Waals surface area contributed by atoms with Crippen LogP contribution in [-0.4, -0.2) is 19.3 Å². The van der Waals surface area contributed by atoms with E-state index in [9.17, 15) is 13.2 Å². The highest BCUT2D eigenvalue weighted by Crippen LogP contribution is 2.29. The van der Waals surface area contributed by atoms with Crippen molar-refractivity contribution < 1.29 is 17.6 Å². The number of aromatic nitrogens is 1. The highest BCUT2D eigenvalue weighted by molar-refractivity contribution is 9.10. The first-order valence-electron chi connectivity index (χ1n) is 7.81. The molecule has 4 aromatic rings. The van der Waals surface area contributed by atoms with Gasteiger partial charge in [-0.3, -0.25) is 10.1 Å². The molecule has 2 heterocycles. The lowest BCUT2D eigenvalue weighted by Crippen LogP contribution is -2.10. The summed E-state index contributed by atoms with van der Waals surface area (Å²) in [4.78, 5) is 16.8. The first-order valence-corrected chi connectivity index (χ1v) is 11.3. The highest BCUT2D eigenvalue weighted by atomic mass is 79.9. The van der Waals surface area contributed by atoms with Crippen LogP contribution in [0, 0.1) is 0 Å². The van der Waals surface area contributed by atoms with E-state index in [0.29, 0.717) is 15.7 Å². The van der Waals surface area contributed by atoms with Crippen LogP contribution >= 0.6 is 38.9 Å². The maximum absolute atomic E-state index is 12.6. The third-order valence-electron chi connectivity index (χ3n) is 3.76. The van der Waals surface area contributed by atoms with Gasteiger partial charge in [-0.15, -0.1) is 0 Å². The molecule has 0 spiro atoms. The van der Waals surface area contributed by atoms with E-state index in [1.807, 2.05) is 0 Å². The molecule has 0 aliphatic rings. The summed E-state index contributed by atoms with van der Waals surface area (Å²) >= 11 is 10.5. The Morgan fingerprint density at radius 2 is 1.86 bits per heavy atom. The first-order chi connectivity index (χ1) is 13.3. The lowest BCUT2D eigenvalue weighted by Gasteiger charge is -2.01. The van der Waals surface area contributed by atoms with Crippen molar-refractivity contribution in [2.45, 2.75) is 9.99 Å². The first kappa shape index (κ1) is 19.1. The third kappa shape index (κ3) is 3.70. The topological polar surface area (TPSA) is 89.3 Å². The Labute approximate surface area is 177 Å². The molecule has 0 atom stereocenters. The second kappa shape index (κ2) is 7.32. The molecule has 0 fully saturated rings. The smallest absolute Gasteiger partial charge is 0.293 e. The number of nitrogens with one attached hydrogen (secondary N) is 1. The number of nitrogens with zero attached hydrogens (tertiary/aromatic N) is 1. The van der Waals surface area contributed by atoms with Crippen LogP contribution in [0.4, 0.5) is 5.13 Å². The molecule has 10 heteroatoms. The fraction of sp³-hybridized carbons (Fsp3) is 0. The summed E-state index contributed by atoms with van der Waals surface area (Å²) in [5, 5.41) is 3.23. The zero-order chi connectivity index (χ0) is 19.9. The number of hydrogen-bond donors (Lipinski definition) is 1. The number of halogens is 2. The molecule has 0 saturated heterocycles. The number of fused-ring (bicyclic) bond motifs is 1. The van der Waals surface area contributed by atoms with Crippen LogP contribution in [0.3, 0.4) is 0 Å². The second-order valence-corrected chi connectivity index (χ2v) is 9.92. The van der Waals surface area contributed by atoms with Crippen LogP contribution in [0.2, 0.25) is 5.02 Å². The van der Waals surface area contributed by atoms with Gasteiger partial charge in [-0.1, -0.05) is 38.9 Å². The Kier molecular flexibility index (Phi) is 5.00. The fourth-order valence-electron chi connectivity index (χ4n) is 2.43. The van der Waals surface area contributed by atoms with Gasteiger partial charge in [0.1, 0.15) is 0 Å². The van der Waals surface area contributed by atoms with E-state index >= 15 is 0 Å². The lowest BCUT2D eigenvalue weighted by atomic mass is 10.3. The average molecular weight is 498 g/mol. The number of rotatable bonds is 4. The number of hydrogen-bond acceptors (Lipinski definition) is 6. The van der Waals surface area contributed by atoms with Crippen LogP contribution in [0.25, 0.3) is 10.2 Å². The molecule has 2 aromatic heterocycles. The van der Waals surface area contributed by atoms with Crippen molar-refractivity contribution in [3.05, 3.63) is 69.9 Å². The van der Waals surface area contributed by atoms with Crippen LogP contribution in [0.15, 0.2) is 73.5 Å². The number of anilines is 1. The van der Waals surface area contributed by atoms with E-state index in [-0.39, 0.29) is 15.7 Å². The maximum Gasteiger partial charge on any atom is 0.293 e.